The van der Waals surface area contributed by atoms with Crippen LogP contribution in [0.3, 0.4) is 0 Å². The molecule has 0 aliphatic rings. The first-order valence-corrected chi connectivity index (χ1v) is 6.81. The quantitative estimate of drug-likeness (QED) is 0.286. The highest BCUT2D eigenvalue weighted by Crippen LogP contribution is 2.16. The van der Waals surface area contributed by atoms with E-state index in [2.05, 4.69) is 10.3 Å². The molecule has 7 heteroatoms. The van der Waals surface area contributed by atoms with Crippen molar-refractivity contribution in [2.24, 2.45) is 0 Å². The van der Waals surface area contributed by atoms with Gasteiger partial charge in [0.1, 0.15) is 5.15 Å². The molecule has 0 aliphatic carbocycles. The van der Waals surface area contributed by atoms with Crippen LogP contribution in [0.2, 0.25) is 5.15 Å². The van der Waals surface area contributed by atoms with Gasteiger partial charge in [0.15, 0.2) is 5.57 Å². The van der Waals surface area contributed by atoms with Gasteiger partial charge in [-0.2, -0.15) is 0 Å². The van der Waals surface area contributed by atoms with Crippen LogP contribution in [-0.2, 0) is 19.1 Å². The lowest BCUT2D eigenvalue weighted by atomic mass is 10.2. The summed E-state index contributed by atoms with van der Waals surface area (Å²) in [5, 5.41) is 3.19. The van der Waals surface area contributed by atoms with Crippen LogP contribution in [0.25, 0.3) is 0 Å². The highest BCUT2D eigenvalue weighted by atomic mass is 35.5. The summed E-state index contributed by atoms with van der Waals surface area (Å²) in [4.78, 5) is 27.6. The van der Waals surface area contributed by atoms with Gasteiger partial charge in [0.05, 0.1) is 24.6 Å². The molecule has 0 bridgehead atoms. The van der Waals surface area contributed by atoms with Gasteiger partial charge < -0.3 is 14.8 Å². The van der Waals surface area contributed by atoms with Crippen LogP contribution in [0.15, 0.2) is 23.9 Å². The zero-order valence-electron chi connectivity index (χ0n) is 12.1. The Hall–Kier alpha value is -2.08. The molecular formula is C14H17ClN2O4. The molecule has 1 aromatic rings. The van der Waals surface area contributed by atoms with Crippen LogP contribution in [0.5, 0.6) is 0 Å². The van der Waals surface area contributed by atoms with Gasteiger partial charge in [0, 0.05) is 6.20 Å². The zero-order chi connectivity index (χ0) is 15.8. The van der Waals surface area contributed by atoms with E-state index in [-0.39, 0.29) is 18.8 Å². The molecule has 1 rings (SSSR count). The molecule has 114 valence electrons. The maximum Gasteiger partial charge on any atom is 0.347 e. The van der Waals surface area contributed by atoms with Crippen LogP contribution < -0.4 is 5.32 Å². The Kier molecular flexibility index (Phi) is 6.68. The predicted octanol–water partition coefficient (Wildman–Crippen LogP) is 2.47. The topological polar surface area (TPSA) is 77.5 Å². The summed E-state index contributed by atoms with van der Waals surface area (Å²) in [5.41, 5.74) is 1.03. The second kappa shape index (κ2) is 8.26. The van der Waals surface area contributed by atoms with E-state index in [1.54, 1.807) is 32.9 Å². The molecule has 0 radical (unpaired) electrons. The second-order valence-electron chi connectivity index (χ2n) is 3.91. The second-order valence-corrected chi connectivity index (χ2v) is 4.30. The standard InChI is InChI=1S/C14H17ClN2O4/c1-4-20-13(18)10(14(19)21-5-2)8-16-11-6-7-12(15)17-9(11)3/h6-8,16H,4-5H2,1-3H3. The molecule has 0 spiro atoms. The maximum atomic E-state index is 11.8. The first-order valence-electron chi connectivity index (χ1n) is 6.43. The Morgan fingerprint density at radius 1 is 1.24 bits per heavy atom. The van der Waals surface area contributed by atoms with Crippen molar-refractivity contribution in [3.63, 3.8) is 0 Å². The van der Waals surface area contributed by atoms with Crippen molar-refractivity contribution in [3.05, 3.63) is 34.8 Å². The third-order valence-corrected chi connectivity index (χ3v) is 2.63. The summed E-state index contributed by atoms with van der Waals surface area (Å²) in [6.07, 6.45) is 1.24. The number of anilines is 1. The average Bonchev–Trinajstić information content (AvgIpc) is 2.41. The van der Waals surface area contributed by atoms with Crippen LogP contribution in [0.4, 0.5) is 5.69 Å². The summed E-state index contributed by atoms with van der Waals surface area (Å²) >= 11 is 5.76. The number of aromatic nitrogens is 1. The van der Waals surface area contributed by atoms with Crippen molar-refractivity contribution in [2.75, 3.05) is 18.5 Å². The highest BCUT2D eigenvalue weighted by molar-refractivity contribution is 6.29. The number of esters is 2. The van der Waals surface area contributed by atoms with Crippen molar-refractivity contribution in [3.8, 4) is 0 Å². The Morgan fingerprint density at radius 2 is 1.81 bits per heavy atom. The molecular weight excluding hydrogens is 296 g/mol. The molecule has 0 unspecified atom stereocenters. The molecule has 0 amide bonds. The summed E-state index contributed by atoms with van der Waals surface area (Å²) < 4.78 is 9.65. The third kappa shape index (κ3) is 5.07. The van der Waals surface area contributed by atoms with Gasteiger partial charge in [0.2, 0.25) is 0 Å². The smallest absolute Gasteiger partial charge is 0.347 e. The fraction of sp³-hybridized carbons (Fsp3) is 0.357. The number of hydrogen-bond donors (Lipinski definition) is 1. The molecule has 6 nitrogen and oxygen atoms in total. The van der Waals surface area contributed by atoms with E-state index in [4.69, 9.17) is 21.1 Å². The fourth-order valence-corrected chi connectivity index (χ4v) is 1.64. The van der Waals surface area contributed by atoms with E-state index < -0.39 is 11.9 Å². The highest BCUT2D eigenvalue weighted by Gasteiger charge is 2.21. The summed E-state index contributed by atoms with van der Waals surface area (Å²) in [7, 11) is 0. The molecule has 1 aromatic heterocycles. The summed E-state index contributed by atoms with van der Waals surface area (Å²) in [6.45, 7) is 5.38. The number of halogens is 1. The van der Waals surface area contributed by atoms with Crippen LogP contribution in [0, 0.1) is 6.92 Å². The van der Waals surface area contributed by atoms with Crippen LogP contribution in [0.1, 0.15) is 19.5 Å². The minimum atomic E-state index is -0.747. The predicted molar refractivity (Wildman–Crippen MR) is 79.0 cm³/mol. The van der Waals surface area contributed by atoms with Gasteiger partial charge in [-0.05, 0) is 32.9 Å². The lowest BCUT2D eigenvalue weighted by Crippen LogP contribution is -2.19. The van der Waals surface area contributed by atoms with Crippen molar-refractivity contribution < 1.29 is 19.1 Å². The van der Waals surface area contributed by atoms with Crippen LogP contribution >= 0.6 is 11.6 Å². The average molecular weight is 313 g/mol. The minimum Gasteiger partial charge on any atom is -0.462 e. The van der Waals surface area contributed by atoms with Crippen molar-refractivity contribution in [1.82, 2.24) is 4.98 Å². The van der Waals surface area contributed by atoms with Gasteiger partial charge in [-0.25, -0.2) is 14.6 Å². The first kappa shape index (κ1) is 17.0. The van der Waals surface area contributed by atoms with Crippen molar-refractivity contribution >= 4 is 29.2 Å². The maximum absolute atomic E-state index is 11.8. The molecule has 0 saturated carbocycles. The number of nitrogens with zero attached hydrogens (tertiary/aromatic N) is 1. The monoisotopic (exact) mass is 312 g/mol. The number of aryl methyl sites for hydroxylation is 1. The Morgan fingerprint density at radius 3 is 2.29 bits per heavy atom. The molecule has 0 saturated heterocycles. The van der Waals surface area contributed by atoms with Gasteiger partial charge in [0.25, 0.3) is 0 Å². The molecule has 0 fully saturated rings. The molecule has 1 N–H and O–H groups in total. The normalized spacial score (nSPS) is 9.71. The van der Waals surface area contributed by atoms with E-state index in [9.17, 15) is 9.59 Å². The lowest BCUT2D eigenvalue weighted by Gasteiger charge is -2.09. The first-order chi connectivity index (χ1) is 9.99. The molecule has 0 atom stereocenters. The zero-order valence-corrected chi connectivity index (χ0v) is 12.9. The third-order valence-electron chi connectivity index (χ3n) is 2.41. The van der Waals surface area contributed by atoms with Gasteiger partial charge in [-0.1, -0.05) is 11.6 Å². The largest absolute Gasteiger partial charge is 0.462 e. The Labute approximate surface area is 128 Å². The minimum absolute atomic E-state index is 0.164. The van der Waals surface area contributed by atoms with Gasteiger partial charge >= 0.3 is 11.9 Å². The fourth-order valence-electron chi connectivity index (χ4n) is 1.45. The summed E-state index contributed by atoms with van der Waals surface area (Å²) in [5.74, 6) is -1.49. The van der Waals surface area contributed by atoms with Crippen molar-refractivity contribution in [2.45, 2.75) is 20.8 Å². The number of carbonyl (C=O) groups excluding carboxylic acids is 2. The van der Waals surface area contributed by atoms with E-state index in [1.165, 1.54) is 6.20 Å². The lowest BCUT2D eigenvalue weighted by molar-refractivity contribution is -0.146. The van der Waals surface area contributed by atoms with Crippen molar-refractivity contribution in [1.29, 1.82) is 0 Å². The molecule has 1 heterocycles. The Balaban J connectivity index is 2.96. The number of carbonyl (C=O) groups is 2. The van der Waals surface area contributed by atoms with Gasteiger partial charge in [-0.3, -0.25) is 0 Å². The van der Waals surface area contributed by atoms with Crippen LogP contribution in [-0.4, -0.2) is 30.1 Å². The molecule has 21 heavy (non-hydrogen) atoms. The Bertz CT molecular complexity index is 538. The van der Waals surface area contributed by atoms with Gasteiger partial charge in [-0.15, -0.1) is 0 Å². The molecule has 0 aliphatic heterocycles. The number of ether oxygens (including phenoxy) is 2. The number of nitrogens with one attached hydrogen (secondary N) is 1. The van der Waals surface area contributed by atoms with E-state index >= 15 is 0 Å². The number of rotatable bonds is 6. The molecule has 0 aromatic carbocycles. The summed E-state index contributed by atoms with van der Waals surface area (Å²) in [6, 6.07) is 3.29. The number of hydrogen-bond acceptors (Lipinski definition) is 6. The number of pyridine rings is 1. The SMILES string of the molecule is CCOC(=O)C(=CNc1ccc(Cl)nc1C)C(=O)OCC. The van der Waals surface area contributed by atoms with E-state index in [1.807, 2.05) is 0 Å². The van der Waals surface area contributed by atoms with E-state index in [0.29, 0.717) is 16.5 Å². The van der Waals surface area contributed by atoms with E-state index in [0.717, 1.165) is 0 Å².